The Morgan fingerprint density at radius 3 is 2.55 bits per heavy atom. The van der Waals surface area contributed by atoms with Crippen molar-refractivity contribution >= 4 is 23.9 Å². The van der Waals surface area contributed by atoms with Gasteiger partial charge in [0.1, 0.15) is 5.82 Å². The Balaban J connectivity index is 1.86. The molecule has 1 heterocycles. The summed E-state index contributed by atoms with van der Waals surface area (Å²) >= 11 is 0. The van der Waals surface area contributed by atoms with Crippen molar-refractivity contribution in [2.75, 3.05) is 20.7 Å². The van der Waals surface area contributed by atoms with Gasteiger partial charge in [-0.2, -0.15) is 0 Å². The number of hydrogen-bond donors (Lipinski definition) is 0. The largest absolute Gasteiger partial charge is 0.490 e. The number of carbonyl (C=O) groups is 2. The molecule has 0 saturated heterocycles. The lowest BCUT2D eigenvalue weighted by atomic mass is 10.1. The maximum absolute atomic E-state index is 13.1. The van der Waals surface area contributed by atoms with Gasteiger partial charge in [-0.3, -0.25) is 4.79 Å². The number of cyclic esters (lactones) is 1. The molecule has 0 aromatic heterocycles. The van der Waals surface area contributed by atoms with E-state index in [0.717, 1.165) is 0 Å². The third-order valence-corrected chi connectivity index (χ3v) is 4.37. The van der Waals surface area contributed by atoms with Gasteiger partial charge in [0, 0.05) is 19.7 Å². The molecule has 3 rings (SSSR count). The zero-order chi connectivity index (χ0) is 22.5. The molecule has 0 aliphatic carbocycles. The van der Waals surface area contributed by atoms with E-state index in [1.807, 2.05) is 6.92 Å². The molecule has 31 heavy (non-hydrogen) atoms. The maximum Gasteiger partial charge on any atom is 0.363 e. The first-order valence-electron chi connectivity index (χ1n) is 9.71. The van der Waals surface area contributed by atoms with Crippen molar-refractivity contribution < 1.29 is 28.2 Å². The fourth-order valence-electron chi connectivity index (χ4n) is 2.87. The highest BCUT2D eigenvalue weighted by molar-refractivity contribution is 6.12. The lowest BCUT2D eigenvalue weighted by Gasteiger charge is -2.20. The molecular formula is C23H23FN2O5. The van der Waals surface area contributed by atoms with Crippen LogP contribution < -0.4 is 9.47 Å². The van der Waals surface area contributed by atoms with Gasteiger partial charge in [0.05, 0.1) is 6.61 Å². The minimum atomic E-state index is -0.689. The Morgan fingerprint density at radius 2 is 1.90 bits per heavy atom. The van der Waals surface area contributed by atoms with Crippen LogP contribution in [0.1, 0.15) is 25.0 Å². The highest BCUT2D eigenvalue weighted by atomic mass is 19.1. The van der Waals surface area contributed by atoms with Crippen LogP contribution in [-0.2, 0) is 14.3 Å². The van der Waals surface area contributed by atoms with Crippen LogP contribution in [0.2, 0.25) is 0 Å². The highest BCUT2D eigenvalue weighted by Gasteiger charge is 2.24. The fraction of sp³-hybridized carbons (Fsp3) is 0.261. The predicted molar refractivity (Wildman–Crippen MR) is 113 cm³/mol. The lowest BCUT2D eigenvalue weighted by molar-refractivity contribution is -0.135. The highest BCUT2D eigenvalue weighted by Crippen LogP contribution is 2.31. The molecule has 162 valence electrons. The average Bonchev–Trinajstić information content (AvgIpc) is 3.10. The molecule has 1 aliphatic heterocycles. The third-order valence-electron chi connectivity index (χ3n) is 4.37. The SMILES string of the molecule is CCOc1cc(/C=C2\N=C(c3ccc(F)cc3)OC2=O)ccc1OC(C)C(=O)N(C)C. The summed E-state index contributed by atoms with van der Waals surface area (Å²) in [6.45, 7) is 3.88. The van der Waals surface area contributed by atoms with E-state index in [1.165, 1.54) is 29.2 Å². The van der Waals surface area contributed by atoms with E-state index in [4.69, 9.17) is 14.2 Å². The van der Waals surface area contributed by atoms with Gasteiger partial charge in [-0.1, -0.05) is 6.07 Å². The summed E-state index contributed by atoms with van der Waals surface area (Å²) in [4.78, 5) is 30.0. The maximum atomic E-state index is 13.1. The van der Waals surface area contributed by atoms with Crippen LogP contribution in [0.3, 0.4) is 0 Å². The molecule has 0 N–H and O–H groups in total. The molecule has 1 atom stereocenters. The minimum Gasteiger partial charge on any atom is -0.490 e. The molecule has 2 aromatic rings. The number of aliphatic imine (C=N–C) groups is 1. The molecule has 1 amide bonds. The first-order chi connectivity index (χ1) is 14.8. The number of likely N-dealkylation sites (N-methyl/N-ethyl adjacent to an activating group) is 1. The number of nitrogens with zero attached hydrogens (tertiary/aromatic N) is 2. The summed E-state index contributed by atoms with van der Waals surface area (Å²) in [6.07, 6.45) is 0.866. The molecule has 0 bridgehead atoms. The molecule has 8 heteroatoms. The van der Waals surface area contributed by atoms with Gasteiger partial charge >= 0.3 is 5.97 Å². The molecular weight excluding hydrogens is 403 g/mol. The minimum absolute atomic E-state index is 0.103. The van der Waals surface area contributed by atoms with Gasteiger partial charge in [0.2, 0.25) is 5.90 Å². The normalized spacial score (nSPS) is 15.3. The first kappa shape index (κ1) is 22.0. The summed E-state index contributed by atoms with van der Waals surface area (Å²) in [5.41, 5.74) is 1.24. The average molecular weight is 426 g/mol. The lowest BCUT2D eigenvalue weighted by Crippen LogP contribution is -2.35. The third kappa shape index (κ3) is 5.28. The van der Waals surface area contributed by atoms with Crippen molar-refractivity contribution in [2.45, 2.75) is 20.0 Å². The molecule has 1 unspecified atom stereocenters. The van der Waals surface area contributed by atoms with Gasteiger partial charge in [-0.25, -0.2) is 14.2 Å². The number of hydrogen-bond acceptors (Lipinski definition) is 6. The molecule has 0 fully saturated rings. The van der Waals surface area contributed by atoms with Crippen LogP contribution >= 0.6 is 0 Å². The second-order valence-electron chi connectivity index (χ2n) is 6.97. The Morgan fingerprint density at radius 1 is 1.19 bits per heavy atom. The summed E-state index contributed by atoms with van der Waals surface area (Å²) in [5, 5.41) is 0. The van der Waals surface area contributed by atoms with E-state index in [0.29, 0.717) is 29.2 Å². The molecule has 0 saturated carbocycles. The fourth-order valence-corrected chi connectivity index (χ4v) is 2.87. The molecule has 0 spiro atoms. The van der Waals surface area contributed by atoms with E-state index in [-0.39, 0.29) is 17.5 Å². The standard InChI is InChI=1S/C23H23FN2O5/c1-5-29-20-13-15(6-11-19(20)30-14(2)22(27)26(3)4)12-18-23(28)31-21(25-18)16-7-9-17(24)10-8-16/h6-14H,5H2,1-4H3/b18-12-. The van der Waals surface area contributed by atoms with Crippen LogP contribution in [0, 0.1) is 5.82 Å². The Hall–Kier alpha value is -3.68. The van der Waals surface area contributed by atoms with Crippen LogP contribution in [0.25, 0.3) is 6.08 Å². The quantitative estimate of drug-likeness (QED) is 0.501. The molecule has 1 aliphatic rings. The van der Waals surface area contributed by atoms with Gasteiger partial charge in [-0.15, -0.1) is 0 Å². The summed E-state index contributed by atoms with van der Waals surface area (Å²) in [5.74, 6) is -0.220. The van der Waals surface area contributed by atoms with Crippen molar-refractivity contribution in [3.05, 3.63) is 65.1 Å². The van der Waals surface area contributed by atoms with Crippen molar-refractivity contribution in [3.8, 4) is 11.5 Å². The van der Waals surface area contributed by atoms with Gasteiger partial charge < -0.3 is 19.1 Å². The van der Waals surface area contributed by atoms with Crippen molar-refractivity contribution in [1.29, 1.82) is 0 Å². The van der Waals surface area contributed by atoms with E-state index in [1.54, 1.807) is 45.3 Å². The number of ether oxygens (including phenoxy) is 3. The van der Waals surface area contributed by atoms with Crippen molar-refractivity contribution in [2.24, 2.45) is 4.99 Å². The second-order valence-corrected chi connectivity index (χ2v) is 6.97. The molecule has 0 radical (unpaired) electrons. The number of halogens is 1. The summed E-state index contributed by atoms with van der Waals surface area (Å²) < 4.78 is 29.7. The van der Waals surface area contributed by atoms with E-state index in [2.05, 4.69) is 4.99 Å². The Labute approximate surface area is 179 Å². The molecule has 2 aromatic carbocycles. The van der Waals surface area contributed by atoms with Crippen LogP contribution in [0.4, 0.5) is 4.39 Å². The van der Waals surface area contributed by atoms with Crippen LogP contribution in [0.15, 0.2) is 53.2 Å². The van der Waals surface area contributed by atoms with E-state index < -0.39 is 17.9 Å². The first-order valence-corrected chi connectivity index (χ1v) is 9.71. The molecule has 7 nitrogen and oxygen atoms in total. The smallest absolute Gasteiger partial charge is 0.363 e. The number of amides is 1. The summed E-state index contributed by atoms with van der Waals surface area (Å²) in [6, 6.07) is 10.6. The number of carbonyl (C=O) groups excluding carboxylic acids is 2. The number of esters is 1. The topological polar surface area (TPSA) is 77.4 Å². The van der Waals surface area contributed by atoms with Crippen LogP contribution in [0.5, 0.6) is 11.5 Å². The second kappa shape index (κ2) is 9.42. The van der Waals surface area contributed by atoms with Crippen molar-refractivity contribution in [3.63, 3.8) is 0 Å². The number of rotatable bonds is 7. The Bertz CT molecular complexity index is 1040. The number of benzene rings is 2. The Kier molecular flexibility index (Phi) is 6.69. The monoisotopic (exact) mass is 426 g/mol. The summed E-state index contributed by atoms with van der Waals surface area (Å²) in [7, 11) is 3.31. The zero-order valence-electron chi connectivity index (χ0n) is 17.7. The van der Waals surface area contributed by atoms with Gasteiger partial charge in [-0.05, 0) is 61.9 Å². The zero-order valence-corrected chi connectivity index (χ0v) is 17.7. The van der Waals surface area contributed by atoms with Crippen LogP contribution in [-0.4, -0.2) is 49.5 Å². The van der Waals surface area contributed by atoms with Crippen molar-refractivity contribution in [1.82, 2.24) is 4.90 Å². The predicted octanol–water partition coefficient (Wildman–Crippen LogP) is 3.42. The van der Waals surface area contributed by atoms with Gasteiger partial charge in [0.15, 0.2) is 23.3 Å². The van der Waals surface area contributed by atoms with E-state index >= 15 is 0 Å². The van der Waals surface area contributed by atoms with E-state index in [9.17, 15) is 14.0 Å². The van der Waals surface area contributed by atoms with Gasteiger partial charge in [0.25, 0.3) is 5.91 Å².